The van der Waals surface area contributed by atoms with Gasteiger partial charge in [0, 0.05) is 23.6 Å². The normalized spacial score (nSPS) is 12.9. The maximum atomic E-state index is 12.4. The summed E-state index contributed by atoms with van der Waals surface area (Å²) in [5, 5.41) is 23.7. The summed E-state index contributed by atoms with van der Waals surface area (Å²) in [5.41, 5.74) is 1.39. The third kappa shape index (κ3) is 4.47. The summed E-state index contributed by atoms with van der Waals surface area (Å²) in [6, 6.07) is 8.20. The quantitative estimate of drug-likeness (QED) is 0.441. The van der Waals surface area contributed by atoms with E-state index >= 15 is 0 Å². The maximum absolute atomic E-state index is 12.4. The molecular weight excluding hydrogens is 408 g/mol. The molecule has 10 heteroatoms. The topological polar surface area (TPSA) is 126 Å². The molecule has 1 N–H and O–H groups in total. The summed E-state index contributed by atoms with van der Waals surface area (Å²) in [6.07, 6.45) is 2.63. The van der Waals surface area contributed by atoms with Crippen LogP contribution in [0.15, 0.2) is 30.3 Å². The lowest BCUT2D eigenvalue weighted by Crippen LogP contribution is -2.35. The fourth-order valence-corrected chi connectivity index (χ4v) is 4.31. The Morgan fingerprint density at radius 1 is 1.43 bits per heavy atom. The molecule has 0 aliphatic carbocycles. The molecule has 2 aromatic rings. The monoisotopic (exact) mass is 426 g/mol. The lowest BCUT2D eigenvalue weighted by molar-refractivity contribution is -0.385. The number of nitrogens with zero attached hydrogens (tertiary/aromatic N) is 3. The molecule has 0 saturated carbocycles. The van der Waals surface area contributed by atoms with Crippen molar-refractivity contribution in [1.29, 1.82) is 5.26 Å². The number of hydrogen-bond acceptors (Lipinski definition) is 7. The van der Waals surface area contributed by atoms with Crippen LogP contribution >= 0.6 is 11.3 Å². The van der Waals surface area contributed by atoms with Gasteiger partial charge in [0.05, 0.1) is 29.2 Å². The van der Waals surface area contributed by atoms with Gasteiger partial charge in [0.2, 0.25) is 5.91 Å². The van der Waals surface area contributed by atoms with Gasteiger partial charge in [-0.25, -0.2) is 4.79 Å². The van der Waals surface area contributed by atoms with E-state index in [0.717, 1.165) is 10.4 Å². The molecule has 0 radical (unpaired) electrons. The molecule has 9 nitrogen and oxygen atoms in total. The molecule has 0 bridgehead atoms. The number of para-hydroxylation sites is 1. The van der Waals surface area contributed by atoms with Gasteiger partial charge in [-0.3, -0.25) is 14.9 Å². The van der Waals surface area contributed by atoms with Crippen LogP contribution in [0.2, 0.25) is 0 Å². The number of amides is 2. The Morgan fingerprint density at radius 3 is 2.90 bits per heavy atom. The molecule has 3 rings (SSSR count). The Hall–Kier alpha value is -3.71. The summed E-state index contributed by atoms with van der Waals surface area (Å²) in [5.74, 6) is -0.509. The van der Waals surface area contributed by atoms with Crippen LogP contribution in [0.5, 0.6) is 0 Å². The number of ether oxygens (including phenoxy) is 1. The van der Waals surface area contributed by atoms with Gasteiger partial charge in [0.25, 0.3) is 5.69 Å². The summed E-state index contributed by atoms with van der Waals surface area (Å²) < 4.78 is 5.02. The van der Waals surface area contributed by atoms with Gasteiger partial charge in [-0.05, 0) is 31.1 Å². The SMILES string of the molecule is CCOC(=O)N1CCc2c(sc(NC(=O)C=Cc3ccccc3[N+](=O)[O-])c2C#N)C1. The second-order valence-corrected chi connectivity index (χ2v) is 7.43. The van der Waals surface area contributed by atoms with Gasteiger partial charge in [-0.2, -0.15) is 5.26 Å². The van der Waals surface area contributed by atoms with Crippen molar-refractivity contribution >= 4 is 40.1 Å². The van der Waals surface area contributed by atoms with Crippen molar-refractivity contribution in [2.45, 2.75) is 19.9 Å². The Bertz CT molecular complexity index is 1070. The molecule has 1 aliphatic heterocycles. The molecule has 30 heavy (non-hydrogen) atoms. The minimum atomic E-state index is -0.520. The van der Waals surface area contributed by atoms with Crippen molar-refractivity contribution in [2.75, 3.05) is 18.5 Å². The summed E-state index contributed by atoms with van der Waals surface area (Å²) in [7, 11) is 0. The first-order chi connectivity index (χ1) is 14.4. The number of fused-ring (bicyclic) bond motifs is 1. The van der Waals surface area contributed by atoms with Crippen LogP contribution in [-0.4, -0.2) is 35.0 Å². The summed E-state index contributed by atoms with van der Waals surface area (Å²) in [4.78, 5) is 37.2. The van der Waals surface area contributed by atoms with Crippen molar-refractivity contribution in [3.05, 3.63) is 62.0 Å². The van der Waals surface area contributed by atoms with Crippen LogP contribution < -0.4 is 5.32 Å². The molecule has 2 amide bonds. The highest BCUT2D eigenvalue weighted by molar-refractivity contribution is 7.16. The number of nitro benzene ring substituents is 1. The van der Waals surface area contributed by atoms with E-state index < -0.39 is 16.9 Å². The van der Waals surface area contributed by atoms with E-state index in [-0.39, 0.29) is 12.3 Å². The average Bonchev–Trinajstić information content (AvgIpc) is 3.08. The number of nitriles is 1. The first-order valence-electron chi connectivity index (χ1n) is 9.13. The third-order valence-corrected chi connectivity index (χ3v) is 5.61. The number of carbonyl (C=O) groups is 2. The predicted molar refractivity (Wildman–Crippen MR) is 111 cm³/mol. The number of rotatable bonds is 5. The molecule has 0 atom stereocenters. The van der Waals surface area contributed by atoms with Gasteiger partial charge in [0.15, 0.2) is 0 Å². The zero-order chi connectivity index (χ0) is 21.7. The van der Waals surface area contributed by atoms with E-state index in [9.17, 15) is 25.0 Å². The van der Waals surface area contributed by atoms with Crippen LogP contribution in [0.4, 0.5) is 15.5 Å². The predicted octanol–water partition coefficient (Wildman–Crippen LogP) is 3.69. The van der Waals surface area contributed by atoms with Crippen molar-refractivity contribution in [1.82, 2.24) is 4.90 Å². The lowest BCUT2D eigenvalue weighted by Gasteiger charge is -2.25. The maximum Gasteiger partial charge on any atom is 0.410 e. The zero-order valence-electron chi connectivity index (χ0n) is 16.1. The highest BCUT2D eigenvalue weighted by atomic mass is 32.1. The van der Waals surface area contributed by atoms with Gasteiger partial charge in [0.1, 0.15) is 11.1 Å². The van der Waals surface area contributed by atoms with E-state index in [1.807, 2.05) is 0 Å². The highest BCUT2D eigenvalue weighted by Crippen LogP contribution is 2.36. The van der Waals surface area contributed by atoms with Gasteiger partial charge in [-0.15, -0.1) is 11.3 Å². The van der Waals surface area contributed by atoms with Crippen LogP contribution in [0, 0.1) is 21.4 Å². The Morgan fingerprint density at radius 2 is 2.20 bits per heavy atom. The summed E-state index contributed by atoms with van der Waals surface area (Å²) in [6.45, 7) is 2.76. The second kappa shape index (κ2) is 9.19. The van der Waals surface area contributed by atoms with Crippen molar-refractivity contribution in [2.24, 2.45) is 0 Å². The molecule has 0 fully saturated rings. The number of anilines is 1. The van der Waals surface area contributed by atoms with Gasteiger partial charge < -0.3 is 15.0 Å². The van der Waals surface area contributed by atoms with E-state index in [1.54, 1.807) is 24.0 Å². The third-order valence-electron chi connectivity index (χ3n) is 4.48. The van der Waals surface area contributed by atoms with Crippen LogP contribution in [-0.2, 0) is 22.5 Å². The number of hydrogen-bond donors (Lipinski definition) is 1. The van der Waals surface area contributed by atoms with E-state index in [1.165, 1.54) is 35.6 Å². The van der Waals surface area contributed by atoms with Gasteiger partial charge >= 0.3 is 6.09 Å². The first-order valence-corrected chi connectivity index (χ1v) is 9.95. The molecule has 1 aliphatic rings. The van der Waals surface area contributed by atoms with E-state index in [0.29, 0.717) is 35.6 Å². The molecule has 0 unspecified atom stereocenters. The van der Waals surface area contributed by atoms with Crippen LogP contribution in [0.3, 0.4) is 0 Å². The summed E-state index contributed by atoms with van der Waals surface area (Å²) >= 11 is 1.24. The number of carbonyl (C=O) groups excluding carboxylic acids is 2. The molecule has 0 saturated heterocycles. The minimum Gasteiger partial charge on any atom is -0.450 e. The Balaban J connectivity index is 1.76. The van der Waals surface area contributed by atoms with Crippen molar-refractivity contribution in [3.63, 3.8) is 0 Å². The molecule has 1 aromatic carbocycles. The van der Waals surface area contributed by atoms with Crippen LogP contribution in [0.25, 0.3) is 6.08 Å². The highest BCUT2D eigenvalue weighted by Gasteiger charge is 2.28. The fourth-order valence-electron chi connectivity index (χ4n) is 3.09. The largest absolute Gasteiger partial charge is 0.450 e. The Kier molecular flexibility index (Phi) is 6.44. The number of benzene rings is 1. The molecular formula is C20H18N4O5S. The van der Waals surface area contributed by atoms with Gasteiger partial charge in [-0.1, -0.05) is 12.1 Å². The average molecular weight is 426 g/mol. The number of nitro groups is 1. The minimum absolute atomic E-state index is 0.107. The molecule has 2 heterocycles. The smallest absolute Gasteiger partial charge is 0.410 e. The van der Waals surface area contributed by atoms with Crippen molar-refractivity contribution < 1.29 is 19.2 Å². The zero-order valence-corrected chi connectivity index (χ0v) is 16.9. The van der Waals surface area contributed by atoms with Crippen molar-refractivity contribution in [3.8, 4) is 6.07 Å². The molecule has 0 spiro atoms. The Labute approximate surface area is 176 Å². The van der Waals surface area contributed by atoms with E-state index in [4.69, 9.17) is 4.74 Å². The fraction of sp³-hybridized carbons (Fsp3) is 0.250. The lowest BCUT2D eigenvalue weighted by atomic mass is 10.0. The number of thiophene rings is 1. The molecule has 154 valence electrons. The second-order valence-electron chi connectivity index (χ2n) is 6.33. The van der Waals surface area contributed by atoms with E-state index in [2.05, 4.69) is 11.4 Å². The standard InChI is InChI=1S/C20H18N4O5S/c1-2-29-20(26)23-10-9-14-15(11-21)19(30-17(14)12-23)22-18(25)8-7-13-5-3-4-6-16(13)24(27)28/h3-8H,2,9-10,12H2,1H3,(H,22,25). The first kappa shape index (κ1) is 21.0. The molecule has 1 aromatic heterocycles. The van der Waals surface area contributed by atoms with Crippen LogP contribution in [0.1, 0.15) is 28.5 Å². The number of nitrogens with one attached hydrogen (secondary N) is 1.